The summed E-state index contributed by atoms with van der Waals surface area (Å²) in [6.07, 6.45) is 3.60. The number of hydrogen-bond donors (Lipinski definition) is 2. The van der Waals surface area contributed by atoms with Gasteiger partial charge < -0.3 is 20.3 Å². The predicted molar refractivity (Wildman–Crippen MR) is 137 cm³/mol. The molecule has 2 N–H and O–H groups in total. The van der Waals surface area contributed by atoms with E-state index in [0.717, 1.165) is 69.0 Å². The fraction of sp³-hybridized carbons (Fsp3) is 0.500. The minimum Gasteiger partial charge on any atom is -0.496 e. The average Bonchev–Trinajstić information content (AvgIpc) is 2.79. The summed E-state index contributed by atoms with van der Waals surface area (Å²) >= 11 is 0. The van der Waals surface area contributed by atoms with Gasteiger partial charge in [0.15, 0.2) is 5.96 Å². The molecule has 0 spiro atoms. The lowest BCUT2D eigenvalue weighted by molar-refractivity contribution is 0.260. The molecule has 2 aromatic rings. The average molecular weight is 539 g/mol. The van der Waals surface area contributed by atoms with E-state index in [-0.39, 0.29) is 24.0 Å². The highest BCUT2D eigenvalue weighted by Crippen LogP contribution is 2.20. The summed E-state index contributed by atoms with van der Waals surface area (Å²) in [4.78, 5) is 18.1. The van der Waals surface area contributed by atoms with Crippen LogP contribution in [0, 0.1) is 6.92 Å². The van der Waals surface area contributed by atoms with Gasteiger partial charge in [-0.15, -0.1) is 24.0 Å². The van der Waals surface area contributed by atoms with Crippen molar-refractivity contribution in [1.29, 1.82) is 0 Å². The van der Waals surface area contributed by atoms with E-state index in [1.807, 2.05) is 12.1 Å². The Hall–Kier alpha value is -2.14. The number of nitrogens with one attached hydrogen (secondary N) is 2. The predicted octanol–water partition coefficient (Wildman–Crippen LogP) is 2.29. The number of aliphatic imine (C=N–C) groups is 1. The molecule has 1 aromatic heterocycles. The maximum atomic E-state index is 5.49. The number of guanidine groups is 1. The molecule has 0 saturated carbocycles. The molecule has 1 saturated heterocycles. The Morgan fingerprint density at radius 3 is 2.55 bits per heavy atom. The summed E-state index contributed by atoms with van der Waals surface area (Å²) in [7, 11) is 1.70. The topological polar surface area (TPSA) is 77.9 Å². The quantitative estimate of drug-likeness (QED) is 0.303. The molecule has 2 heterocycles. The molecule has 1 aliphatic rings. The van der Waals surface area contributed by atoms with Gasteiger partial charge in [0.05, 0.1) is 13.7 Å². The van der Waals surface area contributed by atoms with Crippen LogP contribution in [0.1, 0.15) is 18.1 Å². The van der Waals surface area contributed by atoms with E-state index in [2.05, 4.69) is 56.4 Å². The molecule has 1 aromatic carbocycles. The van der Waals surface area contributed by atoms with Gasteiger partial charge in [-0.1, -0.05) is 12.1 Å². The minimum absolute atomic E-state index is 0. The number of methoxy groups -OCH3 is 1. The molecular formula is C22H34IN7O. The lowest BCUT2D eigenvalue weighted by atomic mass is 10.1. The molecule has 31 heavy (non-hydrogen) atoms. The third-order valence-corrected chi connectivity index (χ3v) is 5.12. The number of ether oxygens (including phenoxy) is 1. The zero-order valence-corrected chi connectivity index (χ0v) is 21.0. The number of piperazine rings is 1. The van der Waals surface area contributed by atoms with E-state index in [1.165, 1.54) is 5.56 Å². The molecule has 0 radical (unpaired) electrons. The summed E-state index contributed by atoms with van der Waals surface area (Å²) in [5.41, 5.74) is 2.27. The Morgan fingerprint density at radius 1 is 1.13 bits per heavy atom. The van der Waals surface area contributed by atoms with Crippen molar-refractivity contribution >= 4 is 35.9 Å². The van der Waals surface area contributed by atoms with Crippen LogP contribution in [0.3, 0.4) is 0 Å². The SMILES string of the molecule is CCNC(=NCc1ccc(C)cc1OC)NCCN1CCN(c2ncccn2)CC1.I. The normalized spacial score (nSPS) is 14.7. The summed E-state index contributed by atoms with van der Waals surface area (Å²) in [5, 5.41) is 6.77. The second-order valence-electron chi connectivity index (χ2n) is 7.31. The largest absolute Gasteiger partial charge is 0.496 e. The summed E-state index contributed by atoms with van der Waals surface area (Å²) in [6.45, 7) is 11.3. The van der Waals surface area contributed by atoms with Gasteiger partial charge in [-0.2, -0.15) is 0 Å². The highest BCUT2D eigenvalue weighted by Gasteiger charge is 2.18. The maximum Gasteiger partial charge on any atom is 0.225 e. The van der Waals surface area contributed by atoms with Crippen molar-refractivity contribution in [2.75, 3.05) is 57.8 Å². The van der Waals surface area contributed by atoms with Gasteiger partial charge in [0.1, 0.15) is 5.75 Å². The van der Waals surface area contributed by atoms with Crippen LogP contribution in [0.25, 0.3) is 0 Å². The summed E-state index contributed by atoms with van der Waals surface area (Å²) in [5.74, 6) is 2.54. The van der Waals surface area contributed by atoms with E-state index in [9.17, 15) is 0 Å². The molecule has 170 valence electrons. The van der Waals surface area contributed by atoms with Crippen LogP contribution in [0.2, 0.25) is 0 Å². The standard InChI is InChI=1S/C22H33N7O.HI/c1-4-23-21(27-17-19-7-6-18(2)16-20(19)30-3)24-10-11-28-12-14-29(15-13-28)22-25-8-5-9-26-22;/h5-9,16H,4,10-15,17H2,1-3H3,(H2,23,24,27);1H. The molecule has 3 rings (SSSR count). The van der Waals surface area contributed by atoms with Crippen molar-refractivity contribution in [1.82, 2.24) is 25.5 Å². The first-order valence-corrected chi connectivity index (χ1v) is 10.6. The van der Waals surface area contributed by atoms with Crippen LogP contribution in [0.15, 0.2) is 41.7 Å². The van der Waals surface area contributed by atoms with Crippen LogP contribution < -0.4 is 20.3 Å². The van der Waals surface area contributed by atoms with E-state index in [0.29, 0.717) is 6.54 Å². The van der Waals surface area contributed by atoms with Gasteiger partial charge in [-0.05, 0) is 31.5 Å². The molecule has 0 unspecified atom stereocenters. The monoisotopic (exact) mass is 539 g/mol. The zero-order chi connectivity index (χ0) is 21.2. The number of aromatic nitrogens is 2. The second-order valence-corrected chi connectivity index (χ2v) is 7.31. The number of aryl methyl sites for hydroxylation is 1. The summed E-state index contributed by atoms with van der Waals surface area (Å²) in [6, 6.07) is 8.07. The zero-order valence-electron chi connectivity index (χ0n) is 18.7. The molecule has 1 aliphatic heterocycles. The number of benzene rings is 1. The van der Waals surface area contributed by atoms with Crippen molar-refractivity contribution in [2.24, 2.45) is 4.99 Å². The third-order valence-electron chi connectivity index (χ3n) is 5.12. The Bertz CT molecular complexity index is 811. The number of nitrogens with zero attached hydrogens (tertiary/aromatic N) is 5. The van der Waals surface area contributed by atoms with Gasteiger partial charge in [-0.25, -0.2) is 15.0 Å². The van der Waals surface area contributed by atoms with Gasteiger partial charge in [-0.3, -0.25) is 4.90 Å². The number of rotatable bonds is 8. The smallest absolute Gasteiger partial charge is 0.225 e. The highest BCUT2D eigenvalue weighted by molar-refractivity contribution is 14.0. The van der Waals surface area contributed by atoms with Crippen LogP contribution in [0.5, 0.6) is 5.75 Å². The first kappa shape index (κ1) is 25.1. The molecule has 0 aliphatic carbocycles. The van der Waals surface area contributed by atoms with Crippen LogP contribution >= 0.6 is 24.0 Å². The first-order valence-electron chi connectivity index (χ1n) is 10.6. The molecule has 0 atom stereocenters. The van der Waals surface area contributed by atoms with Gasteiger partial charge in [0, 0.05) is 63.8 Å². The molecule has 8 nitrogen and oxygen atoms in total. The van der Waals surface area contributed by atoms with Crippen LogP contribution in [0.4, 0.5) is 5.95 Å². The molecular weight excluding hydrogens is 505 g/mol. The van der Waals surface area contributed by atoms with E-state index < -0.39 is 0 Å². The van der Waals surface area contributed by atoms with Crippen molar-refractivity contribution in [3.05, 3.63) is 47.8 Å². The van der Waals surface area contributed by atoms with Crippen molar-refractivity contribution in [2.45, 2.75) is 20.4 Å². The lowest BCUT2D eigenvalue weighted by Gasteiger charge is -2.34. The Kier molecular flexibility index (Phi) is 10.8. The van der Waals surface area contributed by atoms with Crippen molar-refractivity contribution in [3.63, 3.8) is 0 Å². The fourth-order valence-electron chi connectivity index (χ4n) is 3.45. The number of halogens is 1. The Morgan fingerprint density at radius 2 is 1.87 bits per heavy atom. The van der Waals surface area contributed by atoms with E-state index >= 15 is 0 Å². The second kappa shape index (κ2) is 13.3. The van der Waals surface area contributed by atoms with Crippen LogP contribution in [-0.4, -0.2) is 73.8 Å². The van der Waals surface area contributed by atoms with Crippen molar-refractivity contribution in [3.8, 4) is 5.75 Å². The molecule has 9 heteroatoms. The van der Waals surface area contributed by atoms with Gasteiger partial charge in [0.25, 0.3) is 0 Å². The lowest BCUT2D eigenvalue weighted by Crippen LogP contribution is -2.49. The first-order chi connectivity index (χ1) is 14.7. The third kappa shape index (κ3) is 7.80. The van der Waals surface area contributed by atoms with Gasteiger partial charge in [0.2, 0.25) is 5.95 Å². The fourth-order valence-corrected chi connectivity index (χ4v) is 3.45. The number of anilines is 1. The molecule has 1 fully saturated rings. The Balaban J connectivity index is 0.00000341. The Labute approximate surface area is 202 Å². The summed E-state index contributed by atoms with van der Waals surface area (Å²) < 4.78 is 5.49. The van der Waals surface area contributed by atoms with Crippen molar-refractivity contribution < 1.29 is 4.74 Å². The molecule has 0 bridgehead atoms. The van der Waals surface area contributed by atoms with E-state index in [1.54, 1.807) is 19.5 Å². The maximum absolute atomic E-state index is 5.49. The number of hydrogen-bond acceptors (Lipinski definition) is 6. The molecule has 0 amide bonds. The highest BCUT2D eigenvalue weighted by atomic mass is 127. The van der Waals surface area contributed by atoms with Crippen LogP contribution in [-0.2, 0) is 6.54 Å². The minimum atomic E-state index is 0. The van der Waals surface area contributed by atoms with Gasteiger partial charge >= 0.3 is 0 Å². The van der Waals surface area contributed by atoms with E-state index in [4.69, 9.17) is 9.73 Å².